The van der Waals surface area contributed by atoms with Crippen LogP contribution in [-0.2, 0) is 4.79 Å². The highest BCUT2D eigenvalue weighted by atomic mass is 16.6. The number of Topliss-reactive ketones (excluding diaryl/α,β-unsaturated/α-hetero) is 1. The van der Waals surface area contributed by atoms with Crippen molar-refractivity contribution in [3.63, 3.8) is 0 Å². The first-order valence-corrected chi connectivity index (χ1v) is 6.13. The van der Waals surface area contributed by atoms with E-state index in [4.69, 9.17) is 5.11 Å². The Kier molecular flexibility index (Phi) is 5.19. The second kappa shape index (κ2) is 6.65. The van der Waals surface area contributed by atoms with Crippen molar-refractivity contribution in [1.29, 1.82) is 0 Å². The van der Waals surface area contributed by atoms with Gasteiger partial charge < -0.3 is 10.0 Å². The fraction of sp³-hybridized carbons (Fsp3) is 0.385. The van der Waals surface area contributed by atoms with Crippen molar-refractivity contribution in [2.75, 3.05) is 18.0 Å². The van der Waals surface area contributed by atoms with Crippen LogP contribution >= 0.6 is 0 Å². The van der Waals surface area contributed by atoms with Crippen LogP contribution in [0, 0.1) is 10.1 Å². The Bertz CT molecular complexity index is 542. The number of nitro benzene ring substituents is 1. The molecule has 0 amide bonds. The van der Waals surface area contributed by atoms with Crippen LogP contribution in [0.2, 0.25) is 0 Å². The molecule has 20 heavy (non-hydrogen) atoms. The van der Waals surface area contributed by atoms with Gasteiger partial charge >= 0.3 is 5.97 Å². The summed E-state index contributed by atoms with van der Waals surface area (Å²) in [6.07, 6.45) is 0.722. The lowest BCUT2D eigenvalue weighted by atomic mass is 10.1. The Morgan fingerprint density at radius 3 is 2.50 bits per heavy atom. The van der Waals surface area contributed by atoms with Gasteiger partial charge in [-0.25, -0.2) is 0 Å². The molecule has 0 saturated carbocycles. The molecule has 7 nitrogen and oxygen atoms in total. The van der Waals surface area contributed by atoms with E-state index < -0.39 is 16.7 Å². The quantitative estimate of drug-likeness (QED) is 0.466. The molecule has 0 unspecified atom stereocenters. The predicted octanol–water partition coefficient (Wildman–Crippen LogP) is 2.10. The summed E-state index contributed by atoms with van der Waals surface area (Å²) in [6.45, 7) is 3.41. The van der Waals surface area contributed by atoms with Crippen LogP contribution in [-0.4, -0.2) is 34.9 Å². The number of hydrogen-bond donors (Lipinski definition) is 1. The summed E-state index contributed by atoms with van der Waals surface area (Å²) in [6, 6.07) is 4.07. The normalized spacial score (nSPS) is 10.1. The van der Waals surface area contributed by atoms with E-state index in [1.165, 1.54) is 25.1 Å². The van der Waals surface area contributed by atoms with Crippen LogP contribution in [0.1, 0.15) is 30.6 Å². The molecule has 0 heterocycles. The Balaban J connectivity index is 3.23. The van der Waals surface area contributed by atoms with Gasteiger partial charge in [0.1, 0.15) is 6.54 Å². The van der Waals surface area contributed by atoms with Gasteiger partial charge in [-0.1, -0.05) is 6.92 Å². The van der Waals surface area contributed by atoms with Crippen molar-refractivity contribution < 1.29 is 19.6 Å². The van der Waals surface area contributed by atoms with Crippen LogP contribution in [0.4, 0.5) is 11.4 Å². The largest absolute Gasteiger partial charge is 0.480 e. The molecule has 0 bridgehead atoms. The summed E-state index contributed by atoms with van der Waals surface area (Å²) in [5, 5.41) is 19.7. The molecular weight excluding hydrogens is 264 g/mol. The van der Waals surface area contributed by atoms with Gasteiger partial charge in [-0.15, -0.1) is 0 Å². The molecule has 7 heteroatoms. The zero-order chi connectivity index (χ0) is 15.3. The Morgan fingerprint density at radius 2 is 2.05 bits per heavy atom. The smallest absolute Gasteiger partial charge is 0.323 e. The average Bonchev–Trinajstić information content (AvgIpc) is 2.36. The molecular formula is C13H16N2O5. The first kappa shape index (κ1) is 15.6. The molecule has 0 saturated heterocycles. The third-order valence-electron chi connectivity index (χ3n) is 2.74. The number of hydrogen-bond acceptors (Lipinski definition) is 5. The zero-order valence-electron chi connectivity index (χ0n) is 11.3. The lowest BCUT2D eigenvalue weighted by Crippen LogP contribution is -2.30. The highest BCUT2D eigenvalue weighted by Gasteiger charge is 2.20. The van der Waals surface area contributed by atoms with Crippen LogP contribution < -0.4 is 4.90 Å². The van der Waals surface area contributed by atoms with Crippen molar-refractivity contribution >= 4 is 23.1 Å². The van der Waals surface area contributed by atoms with Gasteiger partial charge in [0.05, 0.1) is 10.5 Å². The number of carboxylic acids is 1. The lowest BCUT2D eigenvalue weighted by molar-refractivity contribution is -0.385. The first-order chi connectivity index (χ1) is 9.36. The van der Waals surface area contributed by atoms with E-state index in [-0.39, 0.29) is 17.8 Å². The molecule has 108 valence electrons. The number of carboxylic acid groups (broad SMARTS) is 1. The van der Waals surface area contributed by atoms with E-state index >= 15 is 0 Å². The summed E-state index contributed by atoms with van der Waals surface area (Å²) in [5.41, 5.74) is 0.206. The molecule has 0 atom stereocenters. The van der Waals surface area contributed by atoms with Gasteiger partial charge in [0, 0.05) is 18.3 Å². The average molecular weight is 280 g/mol. The highest BCUT2D eigenvalue weighted by molar-refractivity contribution is 5.99. The van der Waals surface area contributed by atoms with E-state index in [9.17, 15) is 19.7 Å². The third-order valence-corrected chi connectivity index (χ3v) is 2.74. The summed E-state index contributed by atoms with van der Waals surface area (Å²) in [7, 11) is 0. The maximum absolute atomic E-state index is 11.5. The molecule has 0 spiro atoms. The molecule has 0 aromatic heterocycles. The van der Waals surface area contributed by atoms with Crippen LogP contribution in [0.25, 0.3) is 0 Å². The first-order valence-electron chi connectivity index (χ1n) is 6.13. The molecule has 0 fully saturated rings. The second-order valence-corrected chi connectivity index (χ2v) is 4.33. The van der Waals surface area contributed by atoms with Gasteiger partial charge in [-0.2, -0.15) is 0 Å². The second-order valence-electron chi connectivity index (χ2n) is 4.33. The van der Waals surface area contributed by atoms with E-state index in [0.29, 0.717) is 12.2 Å². The minimum absolute atomic E-state index is 0.0148. The number of benzene rings is 1. The number of rotatable bonds is 7. The Labute approximate surface area is 116 Å². The number of ketones is 1. The number of carbonyl (C=O) groups excluding carboxylic acids is 1. The number of nitro groups is 1. The molecule has 1 rings (SSSR count). The number of carbonyl (C=O) groups is 2. The molecule has 1 N–H and O–H groups in total. The van der Waals surface area contributed by atoms with Gasteiger partial charge in [-0.3, -0.25) is 19.7 Å². The van der Waals surface area contributed by atoms with Crippen molar-refractivity contribution in [1.82, 2.24) is 0 Å². The SMILES string of the molecule is CCCN(CC(=O)O)c1ccc([N+](=O)[O-])c(C(C)=O)c1. The zero-order valence-corrected chi connectivity index (χ0v) is 11.3. The summed E-state index contributed by atoms with van der Waals surface area (Å²) < 4.78 is 0. The molecule has 1 aromatic rings. The van der Waals surface area contributed by atoms with E-state index in [1.807, 2.05) is 6.92 Å². The van der Waals surface area contributed by atoms with E-state index in [2.05, 4.69) is 0 Å². The molecule has 1 aromatic carbocycles. The van der Waals surface area contributed by atoms with Crippen molar-refractivity contribution in [2.24, 2.45) is 0 Å². The summed E-state index contributed by atoms with van der Waals surface area (Å²) >= 11 is 0. The monoisotopic (exact) mass is 280 g/mol. The number of nitrogens with zero attached hydrogens (tertiary/aromatic N) is 2. The standard InChI is InChI=1S/C13H16N2O5/c1-3-6-14(8-13(17)18)10-4-5-12(15(19)20)11(7-10)9(2)16/h4-5,7H,3,6,8H2,1-2H3,(H,17,18). The van der Waals surface area contributed by atoms with Gasteiger partial charge in [-0.05, 0) is 25.5 Å². The maximum atomic E-state index is 11.5. The lowest BCUT2D eigenvalue weighted by Gasteiger charge is -2.22. The van der Waals surface area contributed by atoms with Gasteiger partial charge in [0.15, 0.2) is 5.78 Å². The third kappa shape index (κ3) is 3.78. The highest BCUT2D eigenvalue weighted by Crippen LogP contribution is 2.25. The minimum Gasteiger partial charge on any atom is -0.480 e. The maximum Gasteiger partial charge on any atom is 0.323 e. The van der Waals surface area contributed by atoms with E-state index in [0.717, 1.165) is 6.42 Å². The number of anilines is 1. The van der Waals surface area contributed by atoms with E-state index in [1.54, 1.807) is 4.90 Å². The Hall–Kier alpha value is -2.44. The Morgan fingerprint density at radius 1 is 1.40 bits per heavy atom. The molecule has 0 aliphatic heterocycles. The minimum atomic E-state index is -0.999. The van der Waals surface area contributed by atoms with Gasteiger partial charge in [0.2, 0.25) is 0 Å². The summed E-state index contributed by atoms with van der Waals surface area (Å²) in [4.78, 5) is 34.1. The fourth-order valence-corrected chi connectivity index (χ4v) is 1.89. The molecule has 0 aliphatic rings. The van der Waals surface area contributed by atoms with Crippen molar-refractivity contribution in [3.8, 4) is 0 Å². The topological polar surface area (TPSA) is 101 Å². The van der Waals surface area contributed by atoms with Crippen LogP contribution in [0.5, 0.6) is 0 Å². The predicted molar refractivity (Wildman–Crippen MR) is 73.2 cm³/mol. The van der Waals surface area contributed by atoms with Crippen LogP contribution in [0.3, 0.4) is 0 Å². The van der Waals surface area contributed by atoms with Crippen molar-refractivity contribution in [2.45, 2.75) is 20.3 Å². The van der Waals surface area contributed by atoms with Crippen molar-refractivity contribution in [3.05, 3.63) is 33.9 Å². The molecule has 0 aliphatic carbocycles. The van der Waals surface area contributed by atoms with Gasteiger partial charge in [0.25, 0.3) is 5.69 Å². The number of aliphatic carboxylic acids is 1. The summed E-state index contributed by atoms with van der Waals surface area (Å²) in [5.74, 6) is -1.42. The fourth-order valence-electron chi connectivity index (χ4n) is 1.89. The molecule has 0 radical (unpaired) electrons. The van der Waals surface area contributed by atoms with Crippen LogP contribution in [0.15, 0.2) is 18.2 Å².